The summed E-state index contributed by atoms with van der Waals surface area (Å²) in [6.07, 6.45) is 6.67. The SMILES string of the molecule is CCCC1=C(c2[nH]ccc2C)[CH]c2ccccc21. The summed E-state index contributed by atoms with van der Waals surface area (Å²) >= 11 is 0. The monoisotopic (exact) mass is 236 g/mol. The molecule has 0 unspecified atom stereocenters. The van der Waals surface area contributed by atoms with E-state index < -0.39 is 0 Å². The van der Waals surface area contributed by atoms with Crippen molar-refractivity contribution in [2.45, 2.75) is 26.7 Å². The summed E-state index contributed by atoms with van der Waals surface area (Å²) in [6.45, 7) is 4.41. The van der Waals surface area contributed by atoms with Gasteiger partial charge in [-0.3, -0.25) is 0 Å². The van der Waals surface area contributed by atoms with E-state index in [1.807, 2.05) is 6.20 Å². The van der Waals surface area contributed by atoms with Crippen molar-refractivity contribution in [1.82, 2.24) is 4.98 Å². The van der Waals surface area contributed by atoms with E-state index in [0.29, 0.717) is 0 Å². The highest BCUT2D eigenvalue weighted by molar-refractivity contribution is 6.01. The summed E-state index contributed by atoms with van der Waals surface area (Å²) < 4.78 is 0. The lowest BCUT2D eigenvalue weighted by Crippen LogP contribution is -1.88. The number of aromatic nitrogens is 1. The van der Waals surface area contributed by atoms with Crippen molar-refractivity contribution in [1.29, 1.82) is 0 Å². The zero-order valence-electron chi connectivity index (χ0n) is 11.0. The van der Waals surface area contributed by atoms with Crippen molar-refractivity contribution >= 4 is 11.1 Å². The van der Waals surface area contributed by atoms with Crippen molar-refractivity contribution < 1.29 is 0 Å². The molecular weight excluding hydrogens is 218 g/mol. The van der Waals surface area contributed by atoms with Gasteiger partial charge in [0.25, 0.3) is 0 Å². The van der Waals surface area contributed by atoms with Gasteiger partial charge in [0, 0.05) is 18.3 Å². The Bertz CT molecular complexity index is 602. The van der Waals surface area contributed by atoms with Gasteiger partial charge in [0.15, 0.2) is 0 Å². The fourth-order valence-corrected chi connectivity index (χ4v) is 2.77. The molecule has 1 aromatic carbocycles. The molecule has 0 aliphatic heterocycles. The van der Waals surface area contributed by atoms with E-state index in [2.05, 4.69) is 55.6 Å². The van der Waals surface area contributed by atoms with Crippen molar-refractivity contribution in [3.8, 4) is 0 Å². The van der Waals surface area contributed by atoms with E-state index >= 15 is 0 Å². The molecule has 1 heterocycles. The van der Waals surface area contributed by atoms with Crippen LogP contribution < -0.4 is 0 Å². The van der Waals surface area contributed by atoms with E-state index in [0.717, 1.165) is 6.42 Å². The smallest absolute Gasteiger partial charge is 0.0452 e. The first-order valence-corrected chi connectivity index (χ1v) is 6.63. The summed E-state index contributed by atoms with van der Waals surface area (Å²) in [6, 6.07) is 10.8. The lowest BCUT2D eigenvalue weighted by molar-refractivity contribution is 0.976. The van der Waals surface area contributed by atoms with Gasteiger partial charge in [0.1, 0.15) is 0 Å². The molecule has 1 heteroatoms. The number of H-pyrrole nitrogens is 1. The molecule has 1 aliphatic carbocycles. The predicted octanol–water partition coefficient (Wildman–Crippen LogP) is 4.60. The lowest BCUT2D eigenvalue weighted by Gasteiger charge is -2.07. The van der Waals surface area contributed by atoms with Crippen LogP contribution in [0.2, 0.25) is 0 Å². The molecule has 18 heavy (non-hydrogen) atoms. The normalized spacial score (nSPS) is 14.1. The highest BCUT2D eigenvalue weighted by Gasteiger charge is 2.23. The van der Waals surface area contributed by atoms with Crippen molar-refractivity contribution in [2.24, 2.45) is 0 Å². The van der Waals surface area contributed by atoms with Gasteiger partial charge >= 0.3 is 0 Å². The molecule has 0 saturated carbocycles. The third-order valence-corrected chi connectivity index (χ3v) is 3.64. The Morgan fingerprint density at radius 2 is 1.94 bits per heavy atom. The van der Waals surface area contributed by atoms with E-state index in [1.165, 1.54) is 40.0 Å². The molecule has 2 aromatic rings. The first kappa shape index (κ1) is 11.3. The van der Waals surface area contributed by atoms with Gasteiger partial charge in [-0.25, -0.2) is 0 Å². The van der Waals surface area contributed by atoms with Gasteiger partial charge < -0.3 is 4.98 Å². The molecule has 1 aromatic heterocycles. The minimum Gasteiger partial charge on any atom is -0.361 e. The number of hydrogen-bond acceptors (Lipinski definition) is 0. The van der Waals surface area contributed by atoms with Crippen LogP contribution in [0.3, 0.4) is 0 Å². The average molecular weight is 236 g/mol. The van der Waals surface area contributed by atoms with Gasteiger partial charge in [-0.15, -0.1) is 0 Å². The number of fused-ring (bicyclic) bond motifs is 1. The predicted molar refractivity (Wildman–Crippen MR) is 77.1 cm³/mol. The summed E-state index contributed by atoms with van der Waals surface area (Å²) in [5.41, 5.74) is 8.21. The second kappa shape index (κ2) is 4.49. The maximum absolute atomic E-state index is 3.38. The average Bonchev–Trinajstić information content (AvgIpc) is 2.94. The molecule has 3 rings (SSSR count). The van der Waals surface area contributed by atoms with Crippen LogP contribution in [0, 0.1) is 13.3 Å². The third kappa shape index (κ3) is 1.71. The Morgan fingerprint density at radius 3 is 2.67 bits per heavy atom. The zero-order valence-corrected chi connectivity index (χ0v) is 11.0. The highest BCUT2D eigenvalue weighted by Crippen LogP contribution is 2.42. The second-order valence-corrected chi connectivity index (χ2v) is 4.91. The quantitative estimate of drug-likeness (QED) is 0.801. The molecule has 1 N–H and O–H groups in total. The van der Waals surface area contributed by atoms with Crippen LogP contribution in [-0.4, -0.2) is 4.98 Å². The molecule has 0 atom stereocenters. The van der Waals surface area contributed by atoms with Gasteiger partial charge in [-0.05, 0) is 47.2 Å². The Morgan fingerprint density at radius 1 is 1.11 bits per heavy atom. The minimum absolute atomic E-state index is 1.14. The molecule has 0 amide bonds. The highest BCUT2D eigenvalue weighted by atomic mass is 14.7. The van der Waals surface area contributed by atoms with E-state index in [1.54, 1.807) is 0 Å². The van der Waals surface area contributed by atoms with Crippen LogP contribution in [0.15, 0.2) is 36.5 Å². The molecular formula is C17H18N. The molecule has 1 aliphatic rings. The lowest BCUT2D eigenvalue weighted by atomic mass is 9.99. The number of aromatic amines is 1. The molecule has 0 bridgehead atoms. The van der Waals surface area contributed by atoms with Crippen molar-refractivity contribution in [3.05, 3.63) is 65.3 Å². The van der Waals surface area contributed by atoms with Gasteiger partial charge in [0.05, 0.1) is 0 Å². The third-order valence-electron chi connectivity index (χ3n) is 3.64. The Hall–Kier alpha value is -1.76. The summed E-state index contributed by atoms with van der Waals surface area (Å²) in [5, 5.41) is 0. The molecule has 1 nitrogen and oxygen atoms in total. The van der Waals surface area contributed by atoms with Crippen LogP contribution in [0.1, 0.15) is 42.1 Å². The van der Waals surface area contributed by atoms with Crippen molar-refractivity contribution in [3.63, 3.8) is 0 Å². The number of hydrogen-bond donors (Lipinski definition) is 1. The molecule has 0 fully saturated rings. The van der Waals surface area contributed by atoms with Gasteiger partial charge in [-0.1, -0.05) is 37.6 Å². The zero-order chi connectivity index (χ0) is 12.5. The van der Waals surface area contributed by atoms with Crippen LogP contribution >= 0.6 is 0 Å². The summed E-state index contributed by atoms with van der Waals surface area (Å²) in [7, 11) is 0. The number of allylic oxidation sites excluding steroid dienone is 2. The minimum atomic E-state index is 1.14. The van der Waals surface area contributed by atoms with Crippen LogP contribution in [0.25, 0.3) is 11.1 Å². The Balaban J connectivity index is 2.13. The number of benzene rings is 1. The number of aryl methyl sites for hydroxylation is 1. The molecule has 0 spiro atoms. The molecule has 1 radical (unpaired) electrons. The Labute approximate surface area is 109 Å². The molecule has 91 valence electrons. The Kier molecular flexibility index (Phi) is 2.83. The molecule has 0 saturated heterocycles. The van der Waals surface area contributed by atoms with Gasteiger partial charge in [-0.2, -0.15) is 0 Å². The number of nitrogens with one attached hydrogen (secondary N) is 1. The fourth-order valence-electron chi connectivity index (χ4n) is 2.77. The van der Waals surface area contributed by atoms with Crippen LogP contribution in [0.4, 0.5) is 0 Å². The largest absolute Gasteiger partial charge is 0.361 e. The fraction of sp³-hybridized carbons (Fsp3) is 0.235. The van der Waals surface area contributed by atoms with E-state index in [4.69, 9.17) is 0 Å². The number of rotatable bonds is 3. The summed E-state index contributed by atoms with van der Waals surface area (Å²) in [4.78, 5) is 3.38. The standard InChI is InChI=1S/C17H18N/c1-3-6-15-14-8-5-4-7-13(14)11-16(15)17-12(2)9-10-18-17/h4-5,7-11,18H,3,6H2,1-2H3. The summed E-state index contributed by atoms with van der Waals surface area (Å²) in [5.74, 6) is 0. The first-order chi connectivity index (χ1) is 8.81. The van der Waals surface area contributed by atoms with E-state index in [-0.39, 0.29) is 0 Å². The van der Waals surface area contributed by atoms with Crippen molar-refractivity contribution in [2.75, 3.05) is 0 Å². The maximum Gasteiger partial charge on any atom is 0.0452 e. The van der Waals surface area contributed by atoms with E-state index in [9.17, 15) is 0 Å². The van der Waals surface area contributed by atoms with Crippen LogP contribution in [0.5, 0.6) is 0 Å². The van der Waals surface area contributed by atoms with Gasteiger partial charge in [0.2, 0.25) is 0 Å². The first-order valence-electron chi connectivity index (χ1n) is 6.63. The topological polar surface area (TPSA) is 15.8 Å². The second-order valence-electron chi connectivity index (χ2n) is 4.91. The van der Waals surface area contributed by atoms with Crippen LogP contribution in [-0.2, 0) is 0 Å². The maximum atomic E-state index is 3.38.